The summed E-state index contributed by atoms with van der Waals surface area (Å²) in [7, 11) is -3.83. The number of piperidine rings is 1. The van der Waals surface area contributed by atoms with E-state index in [0.29, 0.717) is 12.8 Å². The lowest BCUT2D eigenvalue weighted by Crippen LogP contribution is -2.40. The van der Waals surface area contributed by atoms with Crippen molar-refractivity contribution >= 4 is 32.7 Å². The van der Waals surface area contributed by atoms with Crippen molar-refractivity contribution in [2.24, 2.45) is 0 Å². The van der Waals surface area contributed by atoms with Crippen LogP contribution >= 0.6 is 11.6 Å². The third-order valence-electron chi connectivity index (χ3n) is 4.57. The van der Waals surface area contributed by atoms with E-state index in [-0.39, 0.29) is 51.5 Å². The van der Waals surface area contributed by atoms with E-state index in [9.17, 15) is 17.2 Å². The lowest BCUT2D eigenvalue weighted by molar-refractivity contribution is 0.0645. The van der Waals surface area contributed by atoms with Gasteiger partial charge in [-0.05, 0) is 56.1 Å². The van der Waals surface area contributed by atoms with Crippen LogP contribution in [-0.4, -0.2) is 48.7 Å². The molecule has 166 valence electrons. The Balaban J connectivity index is 0.00000101. The molecule has 0 aliphatic carbocycles. The predicted molar refractivity (Wildman–Crippen MR) is 110 cm³/mol. The Labute approximate surface area is 179 Å². The molecule has 3 rings (SSSR count). The number of nitrogens with zero attached hydrogens (tertiary/aromatic N) is 3. The highest BCUT2D eigenvalue weighted by atomic mass is 35.5. The Hall–Kier alpha value is -2.04. The molecular formula is C19H24ClF2N3O4S. The molecule has 2 aromatic rings. The largest absolute Gasteiger partial charge is 0.495 e. The van der Waals surface area contributed by atoms with Crippen molar-refractivity contribution in [3.05, 3.63) is 41.1 Å². The molecule has 0 unspecified atom stereocenters. The standard InChI is InChI=1S/C16H18ClF2N3O4S.C3H6/c1-9(16(18)19)10(2)25-11-5-7-22(8-6-11)27(23,24)13-4-3-12(17)14-15(13)21-26-20-14;1-3-2/h3-4,11,16H,5-8H2,1-2H3;3H,1H2,2H3/b10-9-;. The van der Waals surface area contributed by atoms with Gasteiger partial charge in [-0.25, -0.2) is 21.8 Å². The van der Waals surface area contributed by atoms with E-state index < -0.39 is 16.4 Å². The Morgan fingerprint density at radius 1 is 1.30 bits per heavy atom. The lowest BCUT2D eigenvalue weighted by Gasteiger charge is -2.31. The molecule has 1 aromatic carbocycles. The summed E-state index contributed by atoms with van der Waals surface area (Å²) in [6, 6.07) is 2.80. The Kier molecular flexibility index (Phi) is 8.34. The molecule has 1 aliphatic rings. The fraction of sp³-hybridized carbons (Fsp3) is 0.474. The third-order valence-corrected chi connectivity index (χ3v) is 6.81. The number of sulfonamides is 1. The average Bonchev–Trinajstić information content (AvgIpc) is 3.19. The monoisotopic (exact) mass is 463 g/mol. The summed E-state index contributed by atoms with van der Waals surface area (Å²) in [4.78, 5) is -0.0351. The van der Waals surface area contributed by atoms with Gasteiger partial charge in [0.1, 0.15) is 11.0 Å². The van der Waals surface area contributed by atoms with Crippen LogP contribution in [0.25, 0.3) is 11.0 Å². The first-order chi connectivity index (χ1) is 14.1. The number of fused-ring (bicyclic) bond motifs is 1. The fourth-order valence-corrected chi connectivity index (χ4v) is 4.62. The van der Waals surface area contributed by atoms with Gasteiger partial charge in [0.25, 0.3) is 6.43 Å². The fourth-order valence-electron chi connectivity index (χ4n) is 2.85. The number of ether oxygens (including phenoxy) is 1. The second kappa shape index (κ2) is 10.3. The zero-order chi connectivity index (χ0) is 22.5. The molecule has 1 aromatic heterocycles. The topological polar surface area (TPSA) is 85.5 Å². The highest BCUT2D eigenvalue weighted by molar-refractivity contribution is 7.89. The number of alkyl halides is 2. The molecule has 1 fully saturated rings. The molecule has 30 heavy (non-hydrogen) atoms. The zero-order valence-corrected chi connectivity index (χ0v) is 18.5. The van der Waals surface area contributed by atoms with Crippen LogP contribution in [0.1, 0.15) is 33.6 Å². The SMILES string of the molecule is C/C(OC1CCN(S(=O)(=O)c2ccc(Cl)c3nonc23)CC1)=C(\C)C(F)F.C=CC. The Morgan fingerprint density at radius 3 is 2.43 bits per heavy atom. The highest BCUT2D eigenvalue weighted by Crippen LogP contribution is 2.30. The number of hydrogen-bond donors (Lipinski definition) is 0. The van der Waals surface area contributed by atoms with Gasteiger partial charge in [-0.15, -0.1) is 6.58 Å². The number of hydrogen-bond acceptors (Lipinski definition) is 6. The normalized spacial score (nSPS) is 16.8. The van der Waals surface area contributed by atoms with Crippen LogP contribution < -0.4 is 0 Å². The summed E-state index contributed by atoms with van der Waals surface area (Å²) < 4.78 is 62.9. The average molecular weight is 464 g/mol. The Bertz CT molecular complexity index is 1020. The second-order valence-corrected chi connectivity index (χ2v) is 8.99. The maximum atomic E-state index is 13.0. The number of aromatic nitrogens is 2. The number of rotatable bonds is 5. The summed E-state index contributed by atoms with van der Waals surface area (Å²) in [6.07, 6.45) is -0.361. The molecule has 0 amide bonds. The van der Waals surface area contributed by atoms with Crippen LogP contribution in [0.2, 0.25) is 5.02 Å². The van der Waals surface area contributed by atoms with E-state index >= 15 is 0 Å². The van der Waals surface area contributed by atoms with Gasteiger partial charge in [0.05, 0.1) is 10.8 Å². The minimum atomic E-state index is -3.83. The summed E-state index contributed by atoms with van der Waals surface area (Å²) in [5.41, 5.74) is 0.138. The van der Waals surface area contributed by atoms with E-state index in [0.717, 1.165) is 0 Å². The summed E-state index contributed by atoms with van der Waals surface area (Å²) in [5.74, 6) is 0.180. The molecule has 11 heteroatoms. The molecule has 0 bridgehead atoms. The second-order valence-electron chi connectivity index (χ2n) is 6.68. The molecule has 0 atom stereocenters. The van der Waals surface area contributed by atoms with Crippen LogP contribution in [0.5, 0.6) is 0 Å². The van der Waals surface area contributed by atoms with Crippen molar-refractivity contribution in [2.75, 3.05) is 13.1 Å². The van der Waals surface area contributed by atoms with Crippen LogP contribution in [0.3, 0.4) is 0 Å². The van der Waals surface area contributed by atoms with Gasteiger partial charge >= 0.3 is 0 Å². The molecule has 1 aliphatic heterocycles. The third kappa shape index (κ3) is 5.35. The quantitative estimate of drug-likeness (QED) is 0.467. The van der Waals surface area contributed by atoms with E-state index in [1.54, 1.807) is 6.08 Å². The summed E-state index contributed by atoms with van der Waals surface area (Å²) in [6.45, 7) is 8.46. The van der Waals surface area contributed by atoms with Crippen molar-refractivity contribution < 1.29 is 26.6 Å². The predicted octanol–water partition coefficient (Wildman–Crippen LogP) is 4.80. The molecular weight excluding hydrogens is 440 g/mol. The van der Waals surface area contributed by atoms with Crippen LogP contribution in [0.15, 0.2) is 45.6 Å². The smallest absolute Gasteiger partial charge is 0.263 e. The number of halogens is 3. The maximum Gasteiger partial charge on any atom is 0.263 e. The summed E-state index contributed by atoms with van der Waals surface area (Å²) >= 11 is 5.98. The highest BCUT2D eigenvalue weighted by Gasteiger charge is 2.33. The van der Waals surface area contributed by atoms with Gasteiger partial charge in [0.2, 0.25) is 10.0 Å². The van der Waals surface area contributed by atoms with Gasteiger partial charge in [-0.3, -0.25) is 0 Å². The molecule has 1 saturated heterocycles. The van der Waals surface area contributed by atoms with Crippen LogP contribution in [0.4, 0.5) is 8.78 Å². The van der Waals surface area contributed by atoms with Gasteiger partial charge in [-0.2, -0.15) is 4.31 Å². The van der Waals surface area contributed by atoms with E-state index in [4.69, 9.17) is 16.3 Å². The number of allylic oxidation sites excluding steroid dienone is 3. The first-order valence-electron chi connectivity index (χ1n) is 9.23. The molecule has 0 radical (unpaired) electrons. The van der Waals surface area contributed by atoms with Crippen LogP contribution in [-0.2, 0) is 14.8 Å². The van der Waals surface area contributed by atoms with Gasteiger partial charge in [0, 0.05) is 18.7 Å². The number of benzene rings is 1. The molecule has 2 heterocycles. The lowest BCUT2D eigenvalue weighted by atomic mass is 10.1. The van der Waals surface area contributed by atoms with Crippen LogP contribution in [0, 0.1) is 0 Å². The van der Waals surface area contributed by atoms with Gasteiger partial charge < -0.3 is 4.74 Å². The zero-order valence-electron chi connectivity index (χ0n) is 16.9. The maximum absolute atomic E-state index is 13.0. The Morgan fingerprint density at radius 2 is 1.87 bits per heavy atom. The first kappa shape index (κ1) is 24.2. The minimum Gasteiger partial charge on any atom is -0.495 e. The first-order valence-corrected chi connectivity index (χ1v) is 11.0. The van der Waals surface area contributed by atoms with Crippen molar-refractivity contribution in [2.45, 2.75) is 51.0 Å². The minimum absolute atomic E-state index is 0.0351. The van der Waals surface area contributed by atoms with Crippen molar-refractivity contribution in [3.8, 4) is 0 Å². The van der Waals surface area contributed by atoms with E-state index in [1.165, 1.54) is 30.3 Å². The van der Waals surface area contributed by atoms with E-state index in [2.05, 4.69) is 21.5 Å². The van der Waals surface area contributed by atoms with E-state index in [1.807, 2.05) is 6.92 Å². The molecule has 0 saturated carbocycles. The van der Waals surface area contributed by atoms with Crippen molar-refractivity contribution in [3.63, 3.8) is 0 Å². The molecule has 0 N–H and O–H groups in total. The van der Waals surface area contributed by atoms with Crippen molar-refractivity contribution in [1.29, 1.82) is 0 Å². The van der Waals surface area contributed by atoms with Crippen molar-refractivity contribution in [1.82, 2.24) is 14.6 Å². The van der Waals surface area contributed by atoms with Gasteiger partial charge in [0.15, 0.2) is 11.0 Å². The molecule has 0 spiro atoms. The molecule has 7 nitrogen and oxygen atoms in total. The van der Waals surface area contributed by atoms with Gasteiger partial charge in [-0.1, -0.05) is 17.7 Å². The summed E-state index contributed by atoms with van der Waals surface area (Å²) in [5, 5.41) is 7.52.